The van der Waals surface area contributed by atoms with E-state index in [4.69, 9.17) is 5.73 Å². The Morgan fingerprint density at radius 2 is 2.15 bits per heavy atom. The second-order valence-electron chi connectivity index (χ2n) is 6.02. The molecule has 1 fully saturated rings. The van der Waals surface area contributed by atoms with Gasteiger partial charge in [0.2, 0.25) is 0 Å². The summed E-state index contributed by atoms with van der Waals surface area (Å²) in [4.78, 5) is 14.9. The number of amides is 1. The van der Waals surface area contributed by atoms with Gasteiger partial charge in [-0.25, -0.2) is 0 Å². The summed E-state index contributed by atoms with van der Waals surface area (Å²) in [6.45, 7) is 5.47. The highest BCUT2D eigenvalue weighted by Crippen LogP contribution is 2.51. The van der Waals surface area contributed by atoms with Crippen LogP contribution in [0.3, 0.4) is 0 Å². The fourth-order valence-corrected chi connectivity index (χ4v) is 3.57. The van der Waals surface area contributed by atoms with E-state index in [-0.39, 0.29) is 5.91 Å². The SMILES string of the molecule is CNC(=O)c1sc(N(C)CCC(C)C)c(C2CC2)c1N. The molecule has 3 N–H and O–H groups in total. The van der Waals surface area contributed by atoms with E-state index >= 15 is 0 Å². The van der Waals surface area contributed by atoms with Crippen molar-refractivity contribution < 1.29 is 4.79 Å². The first-order valence-corrected chi connectivity index (χ1v) is 8.12. The van der Waals surface area contributed by atoms with Crippen LogP contribution in [0.2, 0.25) is 0 Å². The Morgan fingerprint density at radius 1 is 1.50 bits per heavy atom. The number of nitrogens with two attached hydrogens (primary N) is 1. The maximum atomic E-state index is 11.9. The van der Waals surface area contributed by atoms with Crippen LogP contribution in [0.5, 0.6) is 0 Å². The second kappa shape index (κ2) is 6.04. The van der Waals surface area contributed by atoms with E-state index < -0.39 is 0 Å². The van der Waals surface area contributed by atoms with Crippen molar-refractivity contribution in [3.05, 3.63) is 10.4 Å². The van der Waals surface area contributed by atoms with Crippen molar-refractivity contribution >= 4 is 27.9 Å². The lowest BCUT2D eigenvalue weighted by Gasteiger charge is -2.20. The number of carbonyl (C=O) groups excluding carboxylic acids is 1. The predicted octanol–water partition coefficient (Wildman–Crippen LogP) is 3.05. The van der Waals surface area contributed by atoms with Gasteiger partial charge in [-0.15, -0.1) is 11.3 Å². The molecule has 1 aromatic heterocycles. The molecule has 2 rings (SSSR count). The molecule has 0 unspecified atom stereocenters. The topological polar surface area (TPSA) is 58.4 Å². The molecule has 1 heterocycles. The van der Waals surface area contributed by atoms with Crippen molar-refractivity contribution in [2.24, 2.45) is 5.92 Å². The summed E-state index contributed by atoms with van der Waals surface area (Å²) in [6.07, 6.45) is 3.53. The summed E-state index contributed by atoms with van der Waals surface area (Å²) in [5.74, 6) is 1.16. The van der Waals surface area contributed by atoms with E-state index in [1.165, 1.54) is 34.7 Å². The molecule has 1 aromatic rings. The zero-order valence-corrected chi connectivity index (χ0v) is 13.6. The number of carbonyl (C=O) groups is 1. The molecule has 4 nitrogen and oxygen atoms in total. The molecular weight excluding hydrogens is 270 g/mol. The molecule has 112 valence electrons. The van der Waals surface area contributed by atoms with E-state index in [1.54, 1.807) is 7.05 Å². The Bertz CT molecular complexity index is 492. The summed E-state index contributed by atoms with van der Waals surface area (Å²) >= 11 is 1.54. The Morgan fingerprint density at radius 3 is 2.65 bits per heavy atom. The highest BCUT2D eigenvalue weighted by atomic mass is 32.1. The molecule has 0 atom stereocenters. The summed E-state index contributed by atoms with van der Waals surface area (Å²) in [6, 6.07) is 0. The fourth-order valence-electron chi connectivity index (χ4n) is 2.33. The Hall–Kier alpha value is -1.23. The van der Waals surface area contributed by atoms with Crippen molar-refractivity contribution in [3.63, 3.8) is 0 Å². The van der Waals surface area contributed by atoms with Crippen molar-refractivity contribution in [1.29, 1.82) is 0 Å². The number of anilines is 2. The molecule has 0 aliphatic heterocycles. The van der Waals surface area contributed by atoms with Gasteiger partial charge in [0.05, 0.1) is 10.7 Å². The minimum Gasteiger partial charge on any atom is -0.397 e. The van der Waals surface area contributed by atoms with Crippen LogP contribution in [-0.2, 0) is 0 Å². The van der Waals surface area contributed by atoms with Gasteiger partial charge in [-0.1, -0.05) is 13.8 Å². The van der Waals surface area contributed by atoms with Crippen LogP contribution in [0.25, 0.3) is 0 Å². The van der Waals surface area contributed by atoms with Crippen molar-refractivity contribution in [1.82, 2.24) is 5.32 Å². The first kappa shape index (κ1) is 15.2. The minimum atomic E-state index is -0.0714. The fraction of sp³-hybridized carbons (Fsp3) is 0.667. The van der Waals surface area contributed by atoms with Crippen LogP contribution >= 0.6 is 11.3 Å². The van der Waals surface area contributed by atoms with Gasteiger partial charge in [0.1, 0.15) is 4.88 Å². The summed E-state index contributed by atoms with van der Waals surface area (Å²) in [5, 5.41) is 3.87. The van der Waals surface area contributed by atoms with Crippen LogP contribution in [0, 0.1) is 5.92 Å². The first-order valence-electron chi connectivity index (χ1n) is 7.31. The minimum absolute atomic E-state index is 0.0714. The molecule has 1 aliphatic rings. The van der Waals surface area contributed by atoms with Gasteiger partial charge >= 0.3 is 0 Å². The van der Waals surface area contributed by atoms with Gasteiger partial charge in [0.25, 0.3) is 5.91 Å². The molecule has 0 radical (unpaired) electrons. The number of thiophene rings is 1. The first-order chi connectivity index (χ1) is 9.45. The van der Waals surface area contributed by atoms with Gasteiger partial charge in [-0.2, -0.15) is 0 Å². The third-order valence-electron chi connectivity index (χ3n) is 3.77. The number of rotatable bonds is 6. The van der Waals surface area contributed by atoms with Crippen LogP contribution < -0.4 is 16.0 Å². The summed E-state index contributed by atoms with van der Waals surface area (Å²) in [5.41, 5.74) is 8.14. The van der Waals surface area contributed by atoms with Gasteiger partial charge in [0, 0.05) is 26.2 Å². The second-order valence-corrected chi connectivity index (χ2v) is 7.02. The molecular formula is C15H25N3OS. The third kappa shape index (κ3) is 3.08. The lowest BCUT2D eigenvalue weighted by Crippen LogP contribution is -2.20. The molecule has 20 heavy (non-hydrogen) atoms. The van der Waals surface area contributed by atoms with E-state index in [2.05, 4.69) is 31.1 Å². The van der Waals surface area contributed by atoms with E-state index in [0.29, 0.717) is 22.4 Å². The van der Waals surface area contributed by atoms with E-state index in [9.17, 15) is 4.79 Å². The molecule has 1 amide bonds. The average molecular weight is 295 g/mol. The number of nitrogens with zero attached hydrogens (tertiary/aromatic N) is 1. The highest BCUT2D eigenvalue weighted by Gasteiger charge is 2.33. The predicted molar refractivity (Wildman–Crippen MR) is 86.8 cm³/mol. The normalized spacial score (nSPS) is 14.7. The van der Waals surface area contributed by atoms with Gasteiger partial charge < -0.3 is 16.0 Å². The average Bonchev–Trinajstić information content (AvgIpc) is 3.18. The van der Waals surface area contributed by atoms with Gasteiger partial charge in [-0.05, 0) is 31.1 Å². The molecule has 0 saturated heterocycles. The maximum absolute atomic E-state index is 11.9. The van der Waals surface area contributed by atoms with Crippen molar-refractivity contribution in [2.45, 2.75) is 39.0 Å². The molecule has 1 aliphatic carbocycles. The number of hydrogen-bond donors (Lipinski definition) is 2. The van der Waals surface area contributed by atoms with E-state index in [1.807, 2.05) is 0 Å². The van der Waals surface area contributed by atoms with Crippen LogP contribution in [0.4, 0.5) is 10.7 Å². The van der Waals surface area contributed by atoms with Gasteiger partial charge in [-0.3, -0.25) is 4.79 Å². The Labute approximate surface area is 125 Å². The van der Waals surface area contributed by atoms with E-state index in [0.717, 1.165) is 13.0 Å². The molecule has 5 heteroatoms. The highest BCUT2D eigenvalue weighted by molar-refractivity contribution is 7.18. The van der Waals surface area contributed by atoms with Crippen LogP contribution in [0.15, 0.2) is 0 Å². The quantitative estimate of drug-likeness (QED) is 0.848. The summed E-state index contributed by atoms with van der Waals surface area (Å²) in [7, 11) is 3.76. The maximum Gasteiger partial charge on any atom is 0.263 e. The van der Waals surface area contributed by atoms with Crippen LogP contribution in [0.1, 0.15) is 54.3 Å². The smallest absolute Gasteiger partial charge is 0.263 e. The van der Waals surface area contributed by atoms with Gasteiger partial charge in [0.15, 0.2) is 0 Å². The molecule has 1 saturated carbocycles. The number of hydrogen-bond acceptors (Lipinski definition) is 4. The number of nitrogens with one attached hydrogen (secondary N) is 1. The lowest BCUT2D eigenvalue weighted by molar-refractivity contribution is 0.0968. The zero-order chi connectivity index (χ0) is 14.9. The monoisotopic (exact) mass is 295 g/mol. The Balaban J connectivity index is 2.28. The van der Waals surface area contributed by atoms with Crippen molar-refractivity contribution in [2.75, 3.05) is 31.3 Å². The Kier molecular flexibility index (Phi) is 4.58. The largest absolute Gasteiger partial charge is 0.397 e. The molecule has 0 spiro atoms. The lowest BCUT2D eigenvalue weighted by atomic mass is 10.1. The van der Waals surface area contributed by atoms with Crippen LogP contribution in [-0.4, -0.2) is 26.5 Å². The molecule has 0 aromatic carbocycles. The summed E-state index contributed by atoms with van der Waals surface area (Å²) < 4.78 is 0. The van der Waals surface area contributed by atoms with Crippen molar-refractivity contribution in [3.8, 4) is 0 Å². The molecule has 0 bridgehead atoms. The third-order valence-corrected chi connectivity index (χ3v) is 5.11. The standard InChI is InChI=1S/C15H25N3OS/c1-9(2)7-8-18(4)15-11(10-5-6-10)12(16)13(20-15)14(19)17-3/h9-10H,5-8,16H2,1-4H3,(H,17,19). The zero-order valence-electron chi connectivity index (χ0n) is 12.8. The number of nitrogen functional groups attached to an aromatic ring is 1.